The van der Waals surface area contributed by atoms with Gasteiger partial charge in [0.15, 0.2) is 4.96 Å². The second-order valence-corrected chi connectivity index (χ2v) is 7.14. The first-order valence-corrected chi connectivity index (χ1v) is 9.09. The fourth-order valence-electron chi connectivity index (χ4n) is 2.54. The molecule has 0 spiro atoms. The molecule has 0 aliphatic rings. The molecule has 0 atom stereocenters. The zero-order chi connectivity index (χ0) is 18.5. The van der Waals surface area contributed by atoms with Gasteiger partial charge in [-0.25, -0.2) is 4.98 Å². The highest BCUT2D eigenvalue weighted by atomic mass is 32.1. The number of benzene rings is 1. The third kappa shape index (κ3) is 4.90. The first-order valence-electron chi connectivity index (χ1n) is 8.21. The topological polar surface area (TPSA) is 78.7 Å². The van der Waals surface area contributed by atoms with Gasteiger partial charge in [0, 0.05) is 30.0 Å². The van der Waals surface area contributed by atoms with Crippen molar-refractivity contribution >= 4 is 33.8 Å². The Morgan fingerprint density at radius 3 is 2.88 bits per heavy atom. The summed E-state index contributed by atoms with van der Waals surface area (Å²) in [6.45, 7) is 0.724. The maximum atomic E-state index is 12.1. The Morgan fingerprint density at radius 1 is 1.27 bits per heavy atom. The summed E-state index contributed by atoms with van der Waals surface area (Å²) in [5, 5.41) is 7.69. The molecule has 0 saturated carbocycles. The quantitative estimate of drug-likeness (QED) is 0.663. The number of likely N-dealkylation sites (N-methyl/N-ethyl adjacent to an activating group) is 1. The lowest BCUT2D eigenvalue weighted by Gasteiger charge is -2.11. The smallest absolute Gasteiger partial charge is 0.238 e. The van der Waals surface area contributed by atoms with Crippen LogP contribution in [-0.4, -0.2) is 46.7 Å². The van der Waals surface area contributed by atoms with E-state index in [0.717, 1.165) is 21.9 Å². The van der Waals surface area contributed by atoms with Crippen LogP contribution in [0.2, 0.25) is 0 Å². The predicted octanol–water partition coefficient (Wildman–Crippen LogP) is 1.75. The molecule has 3 rings (SSSR count). The van der Waals surface area contributed by atoms with Crippen molar-refractivity contribution in [3.8, 4) is 0 Å². The summed E-state index contributed by atoms with van der Waals surface area (Å²) < 4.78 is 1.91. The van der Waals surface area contributed by atoms with Crippen LogP contribution in [0.15, 0.2) is 42.0 Å². The normalized spacial score (nSPS) is 11.0. The number of anilines is 1. The van der Waals surface area contributed by atoms with Crippen molar-refractivity contribution in [1.29, 1.82) is 0 Å². The summed E-state index contributed by atoms with van der Waals surface area (Å²) in [5.41, 5.74) is 2.39. The number of thiazole rings is 1. The molecule has 0 fully saturated rings. The van der Waals surface area contributed by atoms with Crippen LogP contribution in [0, 0.1) is 0 Å². The zero-order valence-corrected chi connectivity index (χ0v) is 15.5. The summed E-state index contributed by atoms with van der Waals surface area (Å²) >= 11 is 1.54. The van der Waals surface area contributed by atoms with Crippen molar-refractivity contribution in [2.45, 2.75) is 13.0 Å². The summed E-state index contributed by atoms with van der Waals surface area (Å²) in [4.78, 5) is 31.1. The molecular weight excluding hydrogens is 350 g/mol. The molecule has 136 valence electrons. The Hall–Kier alpha value is -2.71. The number of nitrogens with one attached hydrogen (secondary N) is 2. The minimum Gasteiger partial charge on any atom is -0.352 e. The summed E-state index contributed by atoms with van der Waals surface area (Å²) in [7, 11) is 3.69. The number of carbonyl (C=O) groups excluding carboxylic acids is 2. The van der Waals surface area contributed by atoms with E-state index in [1.165, 1.54) is 11.3 Å². The molecular formula is C18H21N5O2S. The highest BCUT2D eigenvalue weighted by Crippen LogP contribution is 2.12. The van der Waals surface area contributed by atoms with Crippen LogP contribution < -0.4 is 10.6 Å². The zero-order valence-electron chi connectivity index (χ0n) is 14.7. The largest absolute Gasteiger partial charge is 0.352 e. The van der Waals surface area contributed by atoms with Gasteiger partial charge in [0.2, 0.25) is 11.8 Å². The molecule has 2 N–H and O–H groups in total. The van der Waals surface area contributed by atoms with Gasteiger partial charge in [0.05, 0.1) is 18.7 Å². The van der Waals surface area contributed by atoms with Crippen molar-refractivity contribution in [2.75, 3.05) is 26.0 Å². The Kier molecular flexibility index (Phi) is 5.65. The number of amides is 2. The Labute approximate surface area is 155 Å². The number of aromatic nitrogens is 2. The van der Waals surface area contributed by atoms with Crippen LogP contribution in [0.25, 0.3) is 4.96 Å². The van der Waals surface area contributed by atoms with E-state index in [1.807, 2.05) is 60.5 Å². The van der Waals surface area contributed by atoms with Crippen LogP contribution in [0.4, 0.5) is 5.69 Å². The van der Waals surface area contributed by atoms with Crippen LogP contribution in [0.5, 0.6) is 0 Å². The van der Waals surface area contributed by atoms with Crippen LogP contribution in [0.3, 0.4) is 0 Å². The number of imidazole rings is 1. The van der Waals surface area contributed by atoms with E-state index in [9.17, 15) is 9.59 Å². The molecule has 1 aromatic carbocycles. The van der Waals surface area contributed by atoms with Crippen LogP contribution in [0.1, 0.15) is 11.3 Å². The number of fused-ring (bicyclic) bond motifs is 1. The van der Waals surface area contributed by atoms with Crippen molar-refractivity contribution in [3.63, 3.8) is 0 Å². The van der Waals surface area contributed by atoms with Crippen LogP contribution >= 0.6 is 11.3 Å². The highest BCUT2D eigenvalue weighted by Gasteiger charge is 2.09. The fourth-order valence-corrected chi connectivity index (χ4v) is 3.25. The number of rotatable bonds is 7. The van der Waals surface area contributed by atoms with Gasteiger partial charge >= 0.3 is 0 Å². The molecule has 8 heteroatoms. The molecule has 0 aliphatic heterocycles. The molecule has 2 heterocycles. The minimum atomic E-state index is -0.0854. The number of carbonyl (C=O) groups is 2. The van der Waals surface area contributed by atoms with E-state index in [1.54, 1.807) is 4.90 Å². The second-order valence-electron chi connectivity index (χ2n) is 6.26. The molecule has 0 radical (unpaired) electrons. The first-order chi connectivity index (χ1) is 12.5. The standard InChI is InChI=1S/C18H21N5O2S/c1-22(2)12-17(25)20-14-5-3-4-13(8-14)10-19-16(24)9-15-11-23-6-7-26-18(23)21-15/h3-8,11H,9-10,12H2,1-2H3,(H,19,24)(H,20,25). The Morgan fingerprint density at radius 2 is 2.12 bits per heavy atom. The van der Waals surface area contributed by atoms with Gasteiger partial charge in [-0.15, -0.1) is 11.3 Å². The first kappa shape index (κ1) is 18.1. The van der Waals surface area contributed by atoms with Gasteiger partial charge < -0.3 is 15.5 Å². The lowest BCUT2D eigenvalue weighted by Crippen LogP contribution is -2.27. The monoisotopic (exact) mass is 371 g/mol. The molecule has 2 amide bonds. The third-order valence-corrected chi connectivity index (χ3v) is 4.42. The molecule has 0 aliphatic carbocycles. The molecule has 0 bridgehead atoms. The summed E-state index contributed by atoms with van der Waals surface area (Å²) in [6.07, 6.45) is 4.03. The van der Waals surface area contributed by atoms with Gasteiger partial charge in [-0.1, -0.05) is 12.1 Å². The van der Waals surface area contributed by atoms with Gasteiger partial charge in [0.1, 0.15) is 0 Å². The Bertz CT molecular complexity index is 887. The van der Waals surface area contributed by atoms with E-state index >= 15 is 0 Å². The second kappa shape index (κ2) is 8.11. The number of hydrogen-bond donors (Lipinski definition) is 2. The molecule has 2 aromatic heterocycles. The maximum Gasteiger partial charge on any atom is 0.238 e. The molecule has 7 nitrogen and oxygen atoms in total. The third-order valence-electron chi connectivity index (χ3n) is 3.65. The van der Waals surface area contributed by atoms with E-state index in [-0.39, 0.29) is 18.2 Å². The van der Waals surface area contributed by atoms with Crippen LogP contribution in [-0.2, 0) is 22.6 Å². The fraction of sp³-hybridized carbons (Fsp3) is 0.278. The lowest BCUT2D eigenvalue weighted by atomic mass is 10.2. The van der Waals surface area contributed by atoms with Crippen molar-refractivity contribution in [1.82, 2.24) is 19.6 Å². The van der Waals surface area contributed by atoms with Crippen molar-refractivity contribution < 1.29 is 9.59 Å². The van der Waals surface area contributed by atoms with Gasteiger partial charge in [0.25, 0.3) is 0 Å². The summed E-state index contributed by atoms with van der Waals surface area (Å²) in [5.74, 6) is -0.159. The van der Waals surface area contributed by atoms with E-state index in [0.29, 0.717) is 13.1 Å². The van der Waals surface area contributed by atoms with E-state index < -0.39 is 0 Å². The number of nitrogens with zero attached hydrogens (tertiary/aromatic N) is 3. The molecule has 3 aromatic rings. The molecule has 26 heavy (non-hydrogen) atoms. The average Bonchev–Trinajstić information content (AvgIpc) is 3.13. The van der Waals surface area contributed by atoms with Gasteiger partial charge in [-0.05, 0) is 31.8 Å². The van der Waals surface area contributed by atoms with E-state index in [4.69, 9.17) is 0 Å². The predicted molar refractivity (Wildman–Crippen MR) is 102 cm³/mol. The van der Waals surface area contributed by atoms with Gasteiger partial charge in [-0.3, -0.25) is 14.0 Å². The molecule has 0 unspecified atom stereocenters. The maximum absolute atomic E-state index is 12.1. The lowest BCUT2D eigenvalue weighted by molar-refractivity contribution is -0.120. The molecule has 0 saturated heterocycles. The van der Waals surface area contributed by atoms with E-state index in [2.05, 4.69) is 15.6 Å². The highest BCUT2D eigenvalue weighted by molar-refractivity contribution is 7.15. The van der Waals surface area contributed by atoms with Gasteiger partial charge in [-0.2, -0.15) is 0 Å². The van der Waals surface area contributed by atoms with Crippen molar-refractivity contribution in [3.05, 3.63) is 53.3 Å². The minimum absolute atomic E-state index is 0.0732. The Balaban J connectivity index is 1.52. The average molecular weight is 371 g/mol. The number of hydrogen-bond acceptors (Lipinski definition) is 5. The van der Waals surface area contributed by atoms with Crippen molar-refractivity contribution in [2.24, 2.45) is 0 Å². The SMILES string of the molecule is CN(C)CC(=O)Nc1cccc(CNC(=O)Cc2cn3ccsc3n2)c1. The summed E-state index contributed by atoms with van der Waals surface area (Å²) in [6, 6.07) is 7.46.